The first kappa shape index (κ1) is 26.2. The smallest absolute Gasteiger partial charge is 0.326 e. The molecule has 0 fully saturated rings. The molecule has 6 nitrogen and oxygen atoms in total. The number of aromatic nitrogens is 4. The summed E-state index contributed by atoms with van der Waals surface area (Å²) in [5, 5.41) is 5.99. The van der Waals surface area contributed by atoms with Crippen LogP contribution in [0.25, 0.3) is 33.1 Å². The standard InChI is InChI=1S/C38H31N5O/c1-2-8-27(9-3-1)29-18-16-26(17-19-29)24-43-25-40-35-36(39-23-32-14-7-12-30-10-4-5-15-34(30)32)41-38(42-37(35)43)44-33-21-20-28-11-6-13-31(28)22-33/h1-5,7-10,12,14-22,25H,6,11,13,23-24H2,(H,39,41,42). The van der Waals surface area contributed by atoms with Crippen molar-refractivity contribution in [3.8, 4) is 22.9 Å². The minimum atomic E-state index is 0.303. The van der Waals surface area contributed by atoms with E-state index in [1.807, 2.05) is 18.5 Å². The minimum Gasteiger partial charge on any atom is -0.424 e. The Morgan fingerprint density at radius 1 is 0.727 bits per heavy atom. The van der Waals surface area contributed by atoms with Gasteiger partial charge in [0.1, 0.15) is 5.75 Å². The van der Waals surface area contributed by atoms with E-state index >= 15 is 0 Å². The first-order valence-corrected chi connectivity index (χ1v) is 15.1. The van der Waals surface area contributed by atoms with Crippen LogP contribution in [0, 0.1) is 0 Å². The molecule has 0 bridgehead atoms. The van der Waals surface area contributed by atoms with E-state index in [-0.39, 0.29) is 0 Å². The number of benzene rings is 5. The van der Waals surface area contributed by atoms with E-state index in [4.69, 9.17) is 19.7 Å². The van der Waals surface area contributed by atoms with Gasteiger partial charge in [-0.15, -0.1) is 0 Å². The van der Waals surface area contributed by atoms with Gasteiger partial charge in [-0.1, -0.05) is 103 Å². The van der Waals surface area contributed by atoms with Crippen LogP contribution in [-0.4, -0.2) is 19.5 Å². The van der Waals surface area contributed by atoms with Crippen LogP contribution in [0.15, 0.2) is 122 Å². The monoisotopic (exact) mass is 573 g/mol. The second-order valence-corrected chi connectivity index (χ2v) is 11.3. The summed E-state index contributed by atoms with van der Waals surface area (Å²) in [6.07, 6.45) is 5.24. The lowest BCUT2D eigenvalue weighted by atomic mass is 10.0. The number of fused-ring (bicyclic) bond motifs is 3. The molecule has 0 aliphatic heterocycles. The van der Waals surface area contributed by atoms with Crippen molar-refractivity contribution in [3.05, 3.63) is 144 Å². The number of anilines is 1. The van der Waals surface area contributed by atoms with Crippen LogP contribution in [0.4, 0.5) is 5.82 Å². The van der Waals surface area contributed by atoms with Crippen molar-refractivity contribution in [1.29, 1.82) is 0 Å². The Labute approximate surface area is 256 Å². The topological polar surface area (TPSA) is 64.9 Å². The summed E-state index contributed by atoms with van der Waals surface area (Å²) in [6, 6.07) is 40.5. The van der Waals surface area contributed by atoms with Gasteiger partial charge in [-0.25, -0.2) is 4.98 Å². The second kappa shape index (κ2) is 11.3. The summed E-state index contributed by atoms with van der Waals surface area (Å²) in [6.45, 7) is 1.23. The van der Waals surface area contributed by atoms with Gasteiger partial charge < -0.3 is 14.6 Å². The van der Waals surface area contributed by atoms with E-state index in [2.05, 4.69) is 113 Å². The lowest BCUT2D eigenvalue weighted by Crippen LogP contribution is -2.06. The predicted molar refractivity (Wildman–Crippen MR) is 176 cm³/mol. The fourth-order valence-electron chi connectivity index (χ4n) is 6.18. The van der Waals surface area contributed by atoms with Gasteiger partial charge in [0, 0.05) is 6.54 Å². The van der Waals surface area contributed by atoms with E-state index in [0.29, 0.717) is 30.4 Å². The third-order valence-corrected chi connectivity index (χ3v) is 8.46. The molecule has 0 spiro atoms. The molecule has 0 unspecified atom stereocenters. The summed E-state index contributed by atoms with van der Waals surface area (Å²) in [5.41, 5.74) is 8.94. The highest BCUT2D eigenvalue weighted by Crippen LogP contribution is 2.31. The molecule has 1 N–H and O–H groups in total. The van der Waals surface area contributed by atoms with Crippen LogP contribution in [0.1, 0.15) is 28.7 Å². The molecule has 0 amide bonds. The third-order valence-electron chi connectivity index (χ3n) is 8.46. The van der Waals surface area contributed by atoms with Gasteiger partial charge in [0.2, 0.25) is 0 Å². The average Bonchev–Trinajstić information content (AvgIpc) is 3.71. The molecule has 1 aliphatic rings. The quantitative estimate of drug-likeness (QED) is 0.197. The van der Waals surface area contributed by atoms with Gasteiger partial charge in [0.05, 0.1) is 12.9 Å². The Morgan fingerprint density at radius 2 is 1.52 bits per heavy atom. The Balaban J connectivity index is 1.13. The highest BCUT2D eigenvalue weighted by atomic mass is 16.5. The summed E-state index contributed by atoms with van der Waals surface area (Å²) in [5.74, 6) is 1.41. The number of nitrogens with zero attached hydrogens (tertiary/aromatic N) is 4. The van der Waals surface area contributed by atoms with Crippen LogP contribution >= 0.6 is 0 Å². The van der Waals surface area contributed by atoms with E-state index in [1.165, 1.54) is 45.0 Å². The molecule has 0 saturated carbocycles. The van der Waals surface area contributed by atoms with Crippen LogP contribution in [-0.2, 0) is 25.9 Å². The first-order chi connectivity index (χ1) is 21.8. The van der Waals surface area contributed by atoms with E-state index in [1.54, 1.807) is 0 Å². The zero-order chi connectivity index (χ0) is 29.3. The van der Waals surface area contributed by atoms with Gasteiger partial charge in [-0.3, -0.25) is 0 Å². The lowest BCUT2D eigenvalue weighted by molar-refractivity contribution is 0.443. The van der Waals surface area contributed by atoms with Crippen molar-refractivity contribution in [1.82, 2.24) is 19.5 Å². The second-order valence-electron chi connectivity index (χ2n) is 11.3. The molecule has 6 heteroatoms. The van der Waals surface area contributed by atoms with Crippen molar-refractivity contribution in [3.63, 3.8) is 0 Å². The van der Waals surface area contributed by atoms with Gasteiger partial charge in [-0.05, 0) is 75.5 Å². The van der Waals surface area contributed by atoms with E-state index in [0.717, 1.165) is 29.8 Å². The molecule has 2 aromatic heterocycles. The van der Waals surface area contributed by atoms with Gasteiger partial charge in [-0.2, -0.15) is 9.97 Å². The maximum Gasteiger partial charge on any atom is 0.326 e. The van der Waals surface area contributed by atoms with E-state index in [9.17, 15) is 0 Å². The molecule has 0 saturated heterocycles. The van der Waals surface area contributed by atoms with Crippen molar-refractivity contribution in [2.24, 2.45) is 0 Å². The molecule has 1 aliphatic carbocycles. The Morgan fingerprint density at radius 3 is 2.43 bits per heavy atom. The van der Waals surface area contributed by atoms with Crippen molar-refractivity contribution >= 4 is 27.8 Å². The Bertz CT molecular complexity index is 2100. The number of imidazole rings is 1. The molecule has 214 valence electrons. The predicted octanol–water partition coefficient (Wildman–Crippen LogP) is 8.59. The molecule has 8 rings (SSSR count). The summed E-state index contributed by atoms with van der Waals surface area (Å²) >= 11 is 0. The highest BCUT2D eigenvalue weighted by molar-refractivity contribution is 5.87. The van der Waals surface area contributed by atoms with Gasteiger partial charge in [0.25, 0.3) is 0 Å². The average molecular weight is 574 g/mol. The maximum absolute atomic E-state index is 6.31. The number of hydrogen-bond acceptors (Lipinski definition) is 5. The van der Waals surface area contributed by atoms with Crippen molar-refractivity contribution < 1.29 is 4.74 Å². The molecule has 44 heavy (non-hydrogen) atoms. The summed E-state index contributed by atoms with van der Waals surface area (Å²) in [7, 11) is 0. The molecule has 0 atom stereocenters. The summed E-state index contributed by atoms with van der Waals surface area (Å²) < 4.78 is 8.37. The van der Waals surface area contributed by atoms with Crippen molar-refractivity contribution in [2.75, 3.05) is 5.32 Å². The Kier molecular flexibility index (Phi) is 6.72. The number of nitrogens with one attached hydrogen (secondary N) is 1. The third kappa shape index (κ3) is 5.15. The number of ether oxygens (including phenoxy) is 1. The zero-order valence-electron chi connectivity index (χ0n) is 24.3. The molecule has 5 aromatic carbocycles. The van der Waals surface area contributed by atoms with Crippen LogP contribution in [0.3, 0.4) is 0 Å². The molecule has 2 heterocycles. The van der Waals surface area contributed by atoms with Crippen molar-refractivity contribution in [2.45, 2.75) is 32.4 Å². The molecule has 7 aromatic rings. The van der Waals surface area contributed by atoms with E-state index < -0.39 is 0 Å². The number of rotatable bonds is 8. The fourth-order valence-corrected chi connectivity index (χ4v) is 6.18. The minimum absolute atomic E-state index is 0.303. The van der Waals surface area contributed by atoms with Crippen LogP contribution in [0.2, 0.25) is 0 Å². The SMILES string of the molecule is c1ccc(-c2ccc(Cn3cnc4c(NCc5cccc6ccccc56)nc(Oc5ccc6c(c5)CCC6)nc43)cc2)cc1. The van der Waals surface area contributed by atoms with Gasteiger partial charge in [0.15, 0.2) is 17.0 Å². The molecular formula is C38H31N5O. The zero-order valence-corrected chi connectivity index (χ0v) is 24.3. The number of hydrogen-bond donors (Lipinski definition) is 1. The fraction of sp³-hybridized carbons (Fsp3) is 0.132. The maximum atomic E-state index is 6.31. The lowest BCUT2D eigenvalue weighted by Gasteiger charge is -2.12. The van der Waals surface area contributed by atoms with Crippen LogP contribution < -0.4 is 10.1 Å². The molecule has 0 radical (unpaired) electrons. The van der Waals surface area contributed by atoms with Gasteiger partial charge >= 0.3 is 6.01 Å². The van der Waals surface area contributed by atoms with Crippen LogP contribution in [0.5, 0.6) is 11.8 Å². The summed E-state index contributed by atoms with van der Waals surface area (Å²) in [4.78, 5) is 14.5. The molecular weight excluding hydrogens is 542 g/mol. The largest absolute Gasteiger partial charge is 0.424 e. The Hall–Kier alpha value is -5.49. The first-order valence-electron chi connectivity index (χ1n) is 15.1. The number of aryl methyl sites for hydroxylation is 2. The normalized spacial score (nSPS) is 12.5. The highest BCUT2D eigenvalue weighted by Gasteiger charge is 2.17.